The second-order valence-corrected chi connectivity index (χ2v) is 4.19. The van der Waals surface area contributed by atoms with E-state index in [1.165, 1.54) is 24.3 Å². The lowest BCUT2D eigenvalue weighted by Gasteiger charge is -2.04. The zero-order valence-corrected chi connectivity index (χ0v) is 9.41. The zero-order valence-electron chi connectivity index (χ0n) is 8.59. The minimum atomic E-state index is -1.09. The summed E-state index contributed by atoms with van der Waals surface area (Å²) in [6, 6.07) is 5.55. The van der Waals surface area contributed by atoms with Crippen LogP contribution in [0, 0.1) is 5.82 Å². The molecule has 6 heteroatoms. The van der Waals surface area contributed by atoms with Crippen molar-refractivity contribution < 1.29 is 14.3 Å². The molecular formula is C11H8FNO3S. The van der Waals surface area contributed by atoms with Gasteiger partial charge in [-0.2, -0.15) is 0 Å². The molecule has 88 valence electrons. The van der Waals surface area contributed by atoms with Gasteiger partial charge in [-0.1, -0.05) is 11.3 Å². The van der Waals surface area contributed by atoms with Crippen LogP contribution >= 0.6 is 11.3 Å². The fraction of sp³-hybridized carbons (Fsp3) is 0.0909. The first-order valence-electron chi connectivity index (χ1n) is 4.74. The molecule has 0 atom stereocenters. The number of aromatic nitrogens is 1. The predicted molar refractivity (Wildman–Crippen MR) is 61.6 cm³/mol. The first kappa shape index (κ1) is 11.5. The van der Waals surface area contributed by atoms with Gasteiger partial charge < -0.3 is 5.11 Å². The van der Waals surface area contributed by atoms with E-state index in [-0.39, 0.29) is 10.7 Å². The maximum absolute atomic E-state index is 12.8. The number of hydrogen-bond donors (Lipinski definition) is 1. The number of thiazole rings is 1. The zero-order chi connectivity index (χ0) is 12.4. The van der Waals surface area contributed by atoms with E-state index in [4.69, 9.17) is 5.11 Å². The third-order valence-corrected chi connectivity index (χ3v) is 2.98. The lowest BCUT2D eigenvalue weighted by molar-refractivity contribution is -0.137. The second-order valence-electron chi connectivity index (χ2n) is 3.37. The molecule has 1 N–H and O–H groups in total. The van der Waals surface area contributed by atoms with Crippen LogP contribution in [0.2, 0.25) is 0 Å². The quantitative estimate of drug-likeness (QED) is 0.907. The average Bonchev–Trinajstić information content (AvgIpc) is 2.61. The highest BCUT2D eigenvalue weighted by Crippen LogP contribution is 2.20. The van der Waals surface area contributed by atoms with Gasteiger partial charge in [0, 0.05) is 5.38 Å². The van der Waals surface area contributed by atoms with E-state index in [0.717, 1.165) is 15.9 Å². The third kappa shape index (κ3) is 2.42. The van der Waals surface area contributed by atoms with Gasteiger partial charge in [-0.3, -0.25) is 14.2 Å². The molecule has 0 saturated carbocycles. The number of aliphatic carboxylic acids is 1. The van der Waals surface area contributed by atoms with E-state index in [0.29, 0.717) is 11.3 Å². The highest BCUT2D eigenvalue weighted by molar-refractivity contribution is 7.07. The number of benzene rings is 1. The number of carbonyl (C=O) groups is 1. The Morgan fingerprint density at radius 1 is 1.35 bits per heavy atom. The Morgan fingerprint density at radius 3 is 2.59 bits per heavy atom. The van der Waals surface area contributed by atoms with Crippen molar-refractivity contribution in [3.05, 3.63) is 45.1 Å². The molecule has 4 nitrogen and oxygen atoms in total. The fourth-order valence-electron chi connectivity index (χ4n) is 1.46. The van der Waals surface area contributed by atoms with Crippen molar-refractivity contribution in [3.63, 3.8) is 0 Å². The molecule has 2 rings (SSSR count). The molecule has 0 aliphatic heterocycles. The Morgan fingerprint density at radius 2 is 2.00 bits per heavy atom. The monoisotopic (exact) mass is 253 g/mol. The van der Waals surface area contributed by atoms with Gasteiger partial charge in [-0.25, -0.2) is 4.39 Å². The van der Waals surface area contributed by atoms with Crippen molar-refractivity contribution in [2.45, 2.75) is 6.54 Å². The summed E-state index contributed by atoms with van der Waals surface area (Å²) in [6.45, 7) is -0.394. The van der Waals surface area contributed by atoms with Crippen molar-refractivity contribution in [2.24, 2.45) is 0 Å². The van der Waals surface area contributed by atoms with Gasteiger partial charge in [0.05, 0.1) is 5.69 Å². The van der Waals surface area contributed by atoms with E-state index in [1.807, 2.05) is 0 Å². The Hall–Kier alpha value is -1.95. The second kappa shape index (κ2) is 4.50. The van der Waals surface area contributed by atoms with Crippen LogP contribution in [-0.2, 0) is 11.3 Å². The van der Waals surface area contributed by atoms with Gasteiger partial charge in [0.15, 0.2) is 0 Å². The number of rotatable bonds is 3. The van der Waals surface area contributed by atoms with Crippen molar-refractivity contribution in [1.29, 1.82) is 0 Å². The number of halogens is 1. The summed E-state index contributed by atoms with van der Waals surface area (Å²) in [6.07, 6.45) is 0. The molecule has 1 heterocycles. The molecule has 2 aromatic rings. The van der Waals surface area contributed by atoms with Crippen LogP contribution in [0.25, 0.3) is 11.3 Å². The van der Waals surface area contributed by atoms with Crippen LogP contribution in [0.5, 0.6) is 0 Å². The molecule has 0 saturated heterocycles. The van der Waals surface area contributed by atoms with Gasteiger partial charge in [0.2, 0.25) is 0 Å². The van der Waals surface area contributed by atoms with Gasteiger partial charge in [0.25, 0.3) is 0 Å². The molecule has 0 amide bonds. The number of nitrogens with zero attached hydrogens (tertiary/aromatic N) is 1. The molecule has 1 aromatic heterocycles. The molecule has 0 aliphatic rings. The van der Waals surface area contributed by atoms with Crippen molar-refractivity contribution in [2.75, 3.05) is 0 Å². The molecule has 0 radical (unpaired) electrons. The van der Waals surface area contributed by atoms with Crippen LogP contribution < -0.4 is 4.87 Å². The lowest BCUT2D eigenvalue weighted by atomic mass is 10.2. The van der Waals surface area contributed by atoms with E-state index in [9.17, 15) is 14.0 Å². The van der Waals surface area contributed by atoms with Crippen LogP contribution in [0.4, 0.5) is 4.39 Å². The summed E-state index contributed by atoms with van der Waals surface area (Å²) >= 11 is 0.922. The van der Waals surface area contributed by atoms with Gasteiger partial charge in [0.1, 0.15) is 12.4 Å². The van der Waals surface area contributed by atoms with Crippen molar-refractivity contribution in [3.8, 4) is 11.3 Å². The summed E-state index contributed by atoms with van der Waals surface area (Å²) in [5.41, 5.74) is 1.11. The van der Waals surface area contributed by atoms with Gasteiger partial charge in [-0.05, 0) is 29.8 Å². The Labute approximate surface area is 99.6 Å². The summed E-state index contributed by atoms with van der Waals surface area (Å²) in [5.74, 6) is -1.47. The molecular weight excluding hydrogens is 245 g/mol. The molecule has 0 fully saturated rings. The van der Waals surface area contributed by atoms with E-state index in [1.54, 1.807) is 5.38 Å². The first-order valence-corrected chi connectivity index (χ1v) is 5.62. The average molecular weight is 253 g/mol. The standard InChI is InChI=1S/C11H8FNO3S/c12-8-3-1-7(2-4-8)9-6-17-11(16)13(9)5-10(14)15/h1-4,6H,5H2,(H,14,15). The van der Waals surface area contributed by atoms with Gasteiger partial charge >= 0.3 is 10.8 Å². The number of hydrogen-bond acceptors (Lipinski definition) is 3. The van der Waals surface area contributed by atoms with E-state index < -0.39 is 12.5 Å². The van der Waals surface area contributed by atoms with Crippen LogP contribution in [0.1, 0.15) is 0 Å². The minimum absolute atomic E-state index is 0.341. The number of carboxylic acid groups (broad SMARTS) is 1. The summed E-state index contributed by atoms with van der Waals surface area (Å²) < 4.78 is 13.9. The molecule has 0 spiro atoms. The summed E-state index contributed by atoms with van der Waals surface area (Å²) in [5, 5.41) is 10.3. The summed E-state index contributed by atoms with van der Waals surface area (Å²) in [7, 11) is 0. The normalized spacial score (nSPS) is 10.4. The molecule has 0 bridgehead atoms. The predicted octanol–water partition coefficient (Wildman–Crippen LogP) is 1.80. The highest BCUT2D eigenvalue weighted by atomic mass is 32.1. The highest BCUT2D eigenvalue weighted by Gasteiger charge is 2.11. The van der Waals surface area contributed by atoms with Crippen LogP contribution in [0.3, 0.4) is 0 Å². The minimum Gasteiger partial charge on any atom is -0.480 e. The maximum atomic E-state index is 12.8. The molecule has 1 aromatic carbocycles. The Bertz CT molecular complexity index is 600. The molecule has 17 heavy (non-hydrogen) atoms. The topological polar surface area (TPSA) is 59.3 Å². The van der Waals surface area contributed by atoms with Crippen LogP contribution in [0.15, 0.2) is 34.4 Å². The van der Waals surface area contributed by atoms with E-state index >= 15 is 0 Å². The van der Waals surface area contributed by atoms with Crippen molar-refractivity contribution in [1.82, 2.24) is 4.57 Å². The molecule has 0 aliphatic carbocycles. The van der Waals surface area contributed by atoms with Gasteiger partial charge in [-0.15, -0.1) is 0 Å². The van der Waals surface area contributed by atoms with E-state index in [2.05, 4.69) is 0 Å². The Balaban J connectivity index is 2.48. The van der Waals surface area contributed by atoms with Crippen molar-refractivity contribution >= 4 is 17.3 Å². The summed E-state index contributed by atoms with van der Waals surface area (Å²) in [4.78, 5) is 21.8. The lowest BCUT2D eigenvalue weighted by Crippen LogP contribution is -2.19. The third-order valence-electron chi connectivity index (χ3n) is 2.22. The maximum Gasteiger partial charge on any atom is 0.323 e. The first-order chi connectivity index (χ1) is 8.08. The largest absolute Gasteiger partial charge is 0.480 e. The number of carboxylic acids is 1. The smallest absolute Gasteiger partial charge is 0.323 e. The Kier molecular flexibility index (Phi) is 3.06. The molecule has 0 unspecified atom stereocenters. The SMILES string of the molecule is O=C(O)Cn1c(-c2ccc(F)cc2)csc1=O. The fourth-order valence-corrected chi connectivity index (χ4v) is 2.23. The van der Waals surface area contributed by atoms with Crippen LogP contribution in [-0.4, -0.2) is 15.6 Å².